The molecule has 0 bridgehead atoms. The van der Waals surface area contributed by atoms with Crippen molar-refractivity contribution >= 4 is 0 Å². The predicted octanol–water partition coefficient (Wildman–Crippen LogP) is 3.84. The molecule has 0 aliphatic rings. The van der Waals surface area contributed by atoms with Gasteiger partial charge in [-0.25, -0.2) is 0 Å². The molecule has 1 aromatic heterocycles. The fraction of sp³-hybridized carbons (Fsp3) is 0.615. The standard InChI is InChI=1S/C13H18F3NO/c1-5-8(2)10-7-6-9(13(14,15)16)11(17-10)12(3,4)18/h6-8,18H,5H2,1-4H3. The summed E-state index contributed by atoms with van der Waals surface area (Å²) in [6, 6.07) is 2.38. The molecular weight excluding hydrogens is 243 g/mol. The first-order valence-electron chi connectivity index (χ1n) is 5.88. The molecule has 1 heterocycles. The minimum atomic E-state index is -4.50. The Kier molecular flexibility index (Phi) is 4.05. The number of aliphatic hydroxyl groups is 1. The van der Waals surface area contributed by atoms with Gasteiger partial charge in [-0.15, -0.1) is 0 Å². The topological polar surface area (TPSA) is 33.1 Å². The molecule has 0 spiro atoms. The molecule has 1 unspecified atom stereocenters. The maximum Gasteiger partial charge on any atom is 0.418 e. The molecule has 0 fully saturated rings. The number of nitrogens with zero attached hydrogens (tertiary/aromatic N) is 1. The third-order valence-electron chi connectivity index (χ3n) is 2.92. The summed E-state index contributed by atoms with van der Waals surface area (Å²) in [5.41, 5.74) is -2.23. The third-order valence-corrected chi connectivity index (χ3v) is 2.92. The van der Waals surface area contributed by atoms with Crippen LogP contribution in [0.25, 0.3) is 0 Å². The monoisotopic (exact) mass is 261 g/mol. The summed E-state index contributed by atoms with van der Waals surface area (Å²) in [5.74, 6) is 0.0633. The normalized spacial score (nSPS) is 14.7. The lowest BCUT2D eigenvalue weighted by atomic mass is 9.96. The molecule has 1 atom stereocenters. The number of halogens is 3. The quantitative estimate of drug-likeness (QED) is 0.896. The minimum absolute atomic E-state index is 0.0633. The third kappa shape index (κ3) is 3.22. The van der Waals surface area contributed by atoms with E-state index in [9.17, 15) is 18.3 Å². The van der Waals surface area contributed by atoms with Gasteiger partial charge in [0.05, 0.1) is 11.3 Å². The van der Waals surface area contributed by atoms with Gasteiger partial charge in [-0.3, -0.25) is 4.98 Å². The summed E-state index contributed by atoms with van der Waals surface area (Å²) in [5, 5.41) is 9.85. The highest BCUT2D eigenvalue weighted by molar-refractivity contribution is 5.30. The Hall–Kier alpha value is -1.10. The number of pyridine rings is 1. The van der Waals surface area contributed by atoms with E-state index in [2.05, 4.69) is 4.98 Å². The fourth-order valence-electron chi connectivity index (χ4n) is 1.65. The van der Waals surface area contributed by atoms with Gasteiger partial charge >= 0.3 is 6.18 Å². The van der Waals surface area contributed by atoms with Gasteiger partial charge in [0.15, 0.2) is 0 Å². The van der Waals surface area contributed by atoms with Crippen LogP contribution in [0.15, 0.2) is 12.1 Å². The highest BCUT2D eigenvalue weighted by atomic mass is 19.4. The number of hydrogen-bond acceptors (Lipinski definition) is 2. The molecule has 0 saturated carbocycles. The van der Waals surface area contributed by atoms with Gasteiger partial charge in [0.1, 0.15) is 5.60 Å². The van der Waals surface area contributed by atoms with Crippen LogP contribution in [-0.4, -0.2) is 10.1 Å². The Bertz CT molecular complexity index is 421. The van der Waals surface area contributed by atoms with Gasteiger partial charge in [0, 0.05) is 5.69 Å². The Morgan fingerprint density at radius 3 is 2.22 bits per heavy atom. The molecule has 0 saturated heterocycles. The first kappa shape index (κ1) is 15.0. The van der Waals surface area contributed by atoms with E-state index in [0.29, 0.717) is 5.69 Å². The molecule has 0 aromatic carbocycles. The Labute approximate surface area is 105 Å². The van der Waals surface area contributed by atoms with Crippen LogP contribution in [0, 0.1) is 0 Å². The summed E-state index contributed by atoms with van der Waals surface area (Å²) in [6.07, 6.45) is -3.72. The molecule has 0 aliphatic carbocycles. The minimum Gasteiger partial charge on any atom is -0.384 e. The summed E-state index contributed by atoms with van der Waals surface area (Å²) in [4.78, 5) is 4.01. The average Bonchev–Trinajstić information content (AvgIpc) is 2.24. The van der Waals surface area contributed by atoms with Crippen molar-refractivity contribution in [2.75, 3.05) is 0 Å². The van der Waals surface area contributed by atoms with Gasteiger partial charge in [0.2, 0.25) is 0 Å². The Morgan fingerprint density at radius 2 is 1.83 bits per heavy atom. The second-order valence-corrected chi connectivity index (χ2v) is 5.00. The second kappa shape index (κ2) is 4.88. The van der Waals surface area contributed by atoms with E-state index >= 15 is 0 Å². The van der Waals surface area contributed by atoms with E-state index < -0.39 is 17.3 Å². The fourth-order valence-corrected chi connectivity index (χ4v) is 1.65. The van der Waals surface area contributed by atoms with E-state index in [1.807, 2.05) is 13.8 Å². The second-order valence-electron chi connectivity index (χ2n) is 5.00. The van der Waals surface area contributed by atoms with Crippen molar-refractivity contribution in [2.24, 2.45) is 0 Å². The first-order valence-corrected chi connectivity index (χ1v) is 5.88. The maximum absolute atomic E-state index is 12.8. The highest BCUT2D eigenvalue weighted by Gasteiger charge is 2.38. The van der Waals surface area contributed by atoms with Crippen LogP contribution in [-0.2, 0) is 11.8 Å². The van der Waals surface area contributed by atoms with Crippen LogP contribution in [0.5, 0.6) is 0 Å². The average molecular weight is 261 g/mol. The number of alkyl halides is 3. The van der Waals surface area contributed by atoms with Crippen molar-refractivity contribution in [1.29, 1.82) is 0 Å². The Morgan fingerprint density at radius 1 is 1.28 bits per heavy atom. The Balaban J connectivity index is 3.40. The van der Waals surface area contributed by atoms with E-state index in [1.54, 1.807) is 0 Å². The van der Waals surface area contributed by atoms with E-state index in [1.165, 1.54) is 19.9 Å². The molecule has 1 rings (SSSR count). The summed E-state index contributed by atoms with van der Waals surface area (Å²) >= 11 is 0. The van der Waals surface area contributed by atoms with Crippen LogP contribution < -0.4 is 0 Å². The number of aromatic nitrogens is 1. The molecule has 5 heteroatoms. The van der Waals surface area contributed by atoms with Crippen molar-refractivity contribution in [3.8, 4) is 0 Å². The lowest BCUT2D eigenvalue weighted by molar-refractivity contribution is -0.140. The largest absolute Gasteiger partial charge is 0.418 e. The van der Waals surface area contributed by atoms with Crippen molar-refractivity contribution < 1.29 is 18.3 Å². The highest BCUT2D eigenvalue weighted by Crippen LogP contribution is 2.36. The van der Waals surface area contributed by atoms with Gasteiger partial charge in [0.25, 0.3) is 0 Å². The van der Waals surface area contributed by atoms with E-state index in [0.717, 1.165) is 12.5 Å². The summed E-state index contributed by atoms with van der Waals surface area (Å²) in [6.45, 7) is 6.45. The van der Waals surface area contributed by atoms with Gasteiger partial charge in [-0.2, -0.15) is 13.2 Å². The molecule has 2 nitrogen and oxygen atoms in total. The maximum atomic E-state index is 12.8. The van der Waals surface area contributed by atoms with Gasteiger partial charge < -0.3 is 5.11 Å². The van der Waals surface area contributed by atoms with Crippen molar-refractivity contribution in [1.82, 2.24) is 4.98 Å². The van der Waals surface area contributed by atoms with Gasteiger partial charge in [-0.05, 0) is 38.3 Å². The molecule has 0 radical (unpaired) electrons. The van der Waals surface area contributed by atoms with Crippen LogP contribution in [0.1, 0.15) is 57.0 Å². The number of rotatable bonds is 3. The zero-order valence-electron chi connectivity index (χ0n) is 11.0. The lowest BCUT2D eigenvalue weighted by Gasteiger charge is -2.23. The SMILES string of the molecule is CCC(C)c1ccc(C(F)(F)F)c(C(C)(C)O)n1. The molecule has 1 aromatic rings. The molecule has 1 N–H and O–H groups in total. The van der Waals surface area contributed by atoms with E-state index in [-0.39, 0.29) is 11.6 Å². The van der Waals surface area contributed by atoms with Crippen LogP contribution in [0.4, 0.5) is 13.2 Å². The summed E-state index contributed by atoms with van der Waals surface area (Å²) in [7, 11) is 0. The van der Waals surface area contributed by atoms with Crippen LogP contribution >= 0.6 is 0 Å². The zero-order chi connectivity index (χ0) is 14.1. The van der Waals surface area contributed by atoms with Crippen molar-refractivity contribution in [3.63, 3.8) is 0 Å². The van der Waals surface area contributed by atoms with Crippen LogP contribution in [0.2, 0.25) is 0 Å². The van der Waals surface area contributed by atoms with Crippen molar-refractivity contribution in [3.05, 3.63) is 29.1 Å². The molecule has 0 aliphatic heterocycles. The molecule has 18 heavy (non-hydrogen) atoms. The first-order chi connectivity index (χ1) is 8.07. The smallest absolute Gasteiger partial charge is 0.384 e. The predicted molar refractivity (Wildman–Crippen MR) is 63.2 cm³/mol. The van der Waals surface area contributed by atoms with Gasteiger partial charge in [-0.1, -0.05) is 13.8 Å². The van der Waals surface area contributed by atoms with Crippen molar-refractivity contribution in [2.45, 2.75) is 51.8 Å². The van der Waals surface area contributed by atoms with Crippen LogP contribution in [0.3, 0.4) is 0 Å². The molecular formula is C13H18F3NO. The number of hydrogen-bond donors (Lipinski definition) is 1. The van der Waals surface area contributed by atoms with E-state index in [4.69, 9.17) is 0 Å². The molecule has 0 amide bonds. The molecule has 102 valence electrons. The zero-order valence-corrected chi connectivity index (χ0v) is 11.0. The lowest BCUT2D eigenvalue weighted by Crippen LogP contribution is -2.24. The summed E-state index contributed by atoms with van der Waals surface area (Å²) < 4.78 is 38.5.